The van der Waals surface area contributed by atoms with Gasteiger partial charge in [0, 0.05) is 38.8 Å². The lowest BCUT2D eigenvalue weighted by Crippen LogP contribution is -2.58. The lowest BCUT2D eigenvalue weighted by Gasteiger charge is -2.42. The average Bonchev–Trinajstić information content (AvgIpc) is 2.31. The number of rotatable bonds is 5. The SMILES string of the molecule is CC1CN(S(=O)(=O)N(C)CCC(=O)O)CC(C)N1C. The first kappa shape index (κ1) is 16.4. The monoisotopic (exact) mass is 293 g/mol. The fourth-order valence-electron chi connectivity index (χ4n) is 2.11. The number of carboxylic acid groups (broad SMARTS) is 1. The number of carbonyl (C=O) groups is 1. The van der Waals surface area contributed by atoms with Crippen molar-refractivity contribution >= 4 is 16.2 Å². The summed E-state index contributed by atoms with van der Waals surface area (Å²) in [5.74, 6) is -0.998. The summed E-state index contributed by atoms with van der Waals surface area (Å²) in [6.45, 7) is 4.82. The molecule has 1 aliphatic rings. The Balaban J connectivity index is 2.74. The maximum Gasteiger partial charge on any atom is 0.304 e. The molecule has 0 aromatic rings. The van der Waals surface area contributed by atoms with E-state index >= 15 is 0 Å². The third-order valence-electron chi connectivity index (χ3n) is 3.69. The quantitative estimate of drug-likeness (QED) is 0.750. The van der Waals surface area contributed by atoms with Gasteiger partial charge in [0.25, 0.3) is 10.2 Å². The molecule has 0 aliphatic carbocycles. The van der Waals surface area contributed by atoms with Gasteiger partial charge < -0.3 is 5.11 Å². The molecule has 1 N–H and O–H groups in total. The minimum atomic E-state index is -3.57. The molecule has 0 aromatic carbocycles. The number of hydrogen-bond donors (Lipinski definition) is 1. The molecule has 0 aromatic heterocycles. The van der Waals surface area contributed by atoms with Gasteiger partial charge in [-0.2, -0.15) is 17.0 Å². The summed E-state index contributed by atoms with van der Waals surface area (Å²) in [5.41, 5.74) is 0. The third kappa shape index (κ3) is 3.88. The van der Waals surface area contributed by atoms with E-state index in [2.05, 4.69) is 4.90 Å². The van der Waals surface area contributed by atoms with Crippen LogP contribution in [-0.4, -0.2) is 78.8 Å². The highest BCUT2D eigenvalue weighted by Gasteiger charge is 2.35. The summed E-state index contributed by atoms with van der Waals surface area (Å²) >= 11 is 0. The molecule has 1 saturated heterocycles. The first-order valence-electron chi connectivity index (χ1n) is 6.31. The fourth-order valence-corrected chi connectivity index (χ4v) is 3.63. The van der Waals surface area contributed by atoms with Gasteiger partial charge in [0.1, 0.15) is 0 Å². The van der Waals surface area contributed by atoms with Crippen LogP contribution in [0.4, 0.5) is 0 Å². The van der Waals surface area contributed by atoms with E-state index < -0.39 is 16.2 Å². The number of piperazine rings is 1. The fraction of sp³-hybridized carbons (Fsp3) is 0.909. The molecule has 0 radical (unpaired) electrons. The molecule has 1 fully saturated rings. The molecular formula is C11H23N3O4S. The smallest absolute Gasteiger partial charge is 0.304 e. The molecule has 8 heteroatoms. The predicted octanol–water partition coefficient (Wildman–Crippen LogP) is -0.338. The third-order valence-corrected chi connectivity index (χ3v) is 5.61. The van der Waals surface area contributed by atoms with E-state index in [1.54, 1.807) is 0 Å². The highest BCUT2D eigenvalue weighted by Crippen LogP contribution is 2.18. The minimum Gasteiger partial charge on any atom is -0.481 e. The summed E-state index contributed by atoms with van der Waals surface area (Å²) in [6.07, 6.45) is -0.186. The highest BCUT2D eigenvalue weighted by molar-refractivity contribution is 7.86. The lowest BCUT2D eigenvalue weighted by atomic mass is 10.1. The van der Waals surface area contributed by atoms with Crippen molar-refractivity contribution in [2.75, 3.05) is 33.7 Å². The second-order valence-corrected chi connectivity index (χ2v) is 7.19. The minimum absolute atomic E-state index is 0.00717. The second kappa shape index (κ2) is 6.17. The van der Waals surface area contributed by atoms with Crippen molar-refractivity contribution in [1.82, 2.24) is 13.5 Å². The van der Waals surface area contributed by atoms with E-state index in [1.807, 2.05) is 20.9 Å². The van der Waals surface area contributed by atoms with Crippen molar-refractivity contribution in [3.05, 3.63) is 0 Å². The van der Waals surface area contributed by atoms with E-state index in [1.165, 1.54) is 11.4 Å². The Hall–Kier alpha value is -0.700. The molecule has 7 nitrogen and oxygen atoms in total. The van der Waals surface area contributed by atoms with Gasteiger partial charge >= 0.3 is 5.97 Å². The number of carboxylic acids is 1. The van der Waals surface area contributed by atoms with E-state index in [-0.39, 0.29) is 25.0 Å². The number of hydrogen-bond acceptors (Lipinski definition) is 4. The van der Waals surface area contributed by atoms with Crippen LogP contribution in [0.3, 0.4) is 0 Å². The van der Waals surface area contributed by atoms with Crippen LogP contribution < -0.4 is 0 Å². The maximum atomic E-state index is 12.3. The first-order valence-corrected chi connectivity index (χ1v) is 7.71. The first-order chi connectivity index (χ1) is 8.66. The highest BCUT2D eigenvalue weighted by atomic mass is 32.2. The number of nitrogens with zero attached hydrogens (tertiary/aromatic N) is 3. The normalized spacial score (nSPS) is 26.8. The molecular weight excluding hydrogens is 270 g/mol. The summed E-state index contributed by atoms with van der Waals surface area (Å²) < 4.78 is 27.2. The van der Waals surface area contributed by atoms with Crippen molar-refractivity contribution in [3.63, 3.8) is 0 Å². The maximum absolute atomic E-state index is 12.3. The second-order valence-electron chi connectivity index (χ2n) is 5.15. The standard InChI is InChI=1S/C11H23N3O4S/c1-9-7-14(8-10(2)13(9)4)19(17,18)12(3)6-5-11(15)16/h9-10H,5-8H2,1-4H3,(H,15,16). The summed E-state index contributed by atoms with van der Waals surface area (Å²) in [6, 6.07) is 0.290. The Morgan fingerprint density at radius 2 is 1.79 bits per heavy atom. The van der Waals surface area contributed by atoms with E-state index in [0.717, 1.165) is 4.31 Å². The van der Waals surface area contributed by atoms with Crippen LogP contribution in [0.25, 0.3) is 0 Å². The molecule has 0 saturated carbocycles. The molecule has 1 rings (SSSR count). The molecule has 112 valence electrons. The molecule has 2 atom stereocenters. The van der Waals surface area contributed by atoms with Crippen molar-refractivity contribution < 1.29 is 18.3 Å². The lowest BCUT2D eigenvalue weighted by molar-refractivity contribution is -0.137. The Morgan fingerprint density at radius 3 is 2.21 bits per heavy atom. The van der Waals surface area contributed by atoms with Gasteiger partial charge in [0.2, 0.25) is 0 Å². The van der Waals surface area contributed by atoms with E-state index in [4.69, 9.17) is 5.11 Å². The molecule has 1 heterocycles. The zero-order valence-electron chi connectivity index (χ0n) is 11.9. The molecule has 1 aliphatic heterocycles. The zero-order chi connectivity index (χ0) is 14.8. The van der Waals surface area contributed by atoms with Crippen molar-refractivity contribution in [2.24, 2.45) is 0 Å². The van der Waals surface area contributed by atoms with Crippen LogP contribution in [0.1, 0.15) is 20.3 Å². The predicted molar refractivity (Wildman–Crippen MR) is 72.1 cm³/mol. The van der Waals surface area contributed by atoms with Crippen molar-refractivity contribution in [2.45, 2.75) is 32.4 Å². The van der Waals surface area contributed by atoms with Gasteiger partial charge in [-0.25, -0.2) is 0 Å². The Labute approximate surface area is 115 Å². The average molecular weight is 293 g/mol. The molecule has 19 heavy (non-hydrogen) atoms. The Kier molecular flexibility index (Phi) is 5.31. The summed E-state index contributed by atoms with van der Waals surface area (Å²) in [4.78, 5) is 12.7. The van der Waals surface area contributed by atoms with Crippen LogP contribution in [0.5, 0.6) is 0 Å². The van der Waals surface area contributed by atoms with Crippen molar-refractivity contribution in [3.8, 4) is 0 Å². The van der Waals surface area contributed by atoms with Crippen LogP contribution in [0.15, 0.2) is 0 Å². The summed E-state index contributed by atoms with van der Waals surface area (Å²) in [5, 5.41) is 8.62. The largest absolute Gasteiger partial charge is 0.481 e. The number of likely N-dealkylation sites (N-methyl/N-ethyl adjacent to an activating group) is 1. The van der Waals surface area contributed by atoms with Crippen LogP contribution in [-0.2, 0) is 15.0 Å². The topological polar surface area (TPSA) is 81.2 Å². The zero-order valence-corrected chi connectivity index (χ0v) is 12.7. The number of aliphatic carboxylic acids is 1. The van der Waals surface area contributed by atoms with Gasteiger partial charge in [0.05, 0.1) is 6.42 Å². The summed E-state index contributed by atoms with van der Waals surface area (Å²) in [7, 11) is -0.168. The molecule has 0 amide bonds. The van der Waals surface area contributed by atoms with Gasteiger partial charge in [-0.05, 0) is 20.9 Å². The Bertz CT molecular complexity index is 414. The van der Waals surface area contributed by atoms with E-state index in [0.29, 0.717) is 13.1 Å². The molecule has 0 spiro atoms. The van der Waals surface area contributed by atoms with Crippen LogP contribution in [0.2, 0.25) is 0 Å². The van der Waals surface area contributed by atoms with Gasteiger partial charge in [-0.3, -0.25) is 9.69 Å². The molecule has 0 bridgehead atoms. The Morgan fingerprint density at radius 1 is 1.32 bits per heavy atom. The van der Waals surface area contributed by atoms with Gasteiger partial charge in [-0.15, -0.1) is 0 Å². The molecule has 2 unspecified atom stereocenters. The van der Waals surface area contributed by atoms with Crippen molar-refractivity contribution in [1.29, 1.82) is 0 Å². The van der Waals surface area contributed by atoms with Gasteiger partial charge in [0.15, 0.2) is 0 Å². The van der Waals surface area contributed by atoms with Crippen LogP contribution >= 0.6 is 0 Å². The van der Waals surface area contributed by atoms with E-state index in [9.17, 15) is 13.2 Å². The van der Waals surface area contributed by atoms with Crippen LogP contribution in [0, 0.1) is 0 Å². The van der Waals surface area contributed by atoms with Gasteiger partial charge in [-0.1, -0.05) is 0 Å².